The van der Waals surface area contributed by atoms with Gasteiger partial charge in [-0.2, -0.15) is 0 Å². The van der Waals surface area contributed by atoms with Gasteiger partial charge in [-0.25, -0.2) is 0 Å². The highest BCUT2D eigenvalue weighted by atomic mass is 79.9. The second-order valence-corrected chi connectivity index (χ2v) is 6.42. The number of hydrogen-bond donors (Lipinski definition) is 1. The maximum Gasteiger partial charge on any atom is 0.0594 e. The van der Waals surface area contributed by atoms with Crippen LogP contribution in [0.5, 0.6) is 0 Å². The molecule has 0 aliphatic carbocycles. The fourth-order valence-corrected chi connectivity index (χ4v) is 3.90. The first-order chi connectivity index (χ1) is 8.77. The zero-order valence-electron chi connectivity index (χ0n) is 10.8. The smallest absolute Gasteiger partial charge is 0.0594 e. The van der Waals surface area contributed by atoms with Crippen LogP contribution < -0.4 is 5.32 Å². The molecule has 5 heteroatoms. The number of morpholine rings is 1. The maximum absolute atomic E-state index is 5.35. The van der Waals surface area contributed by atoms with Crippen molar-refractivity contribution in [2.24, 2.45) is 0 Å². The summed E-state index contributed by atoms with van der Waals surface area (Å²) in [6.07, 6.45) is 1.20. The molecule has 1 fully saturated rings. The number of halogens is 1. The Bertz CT molecular complexity index is 353. The first-order valence-electron chi connectivity index (χ1n) is 6.54. The van der Waals surface area contributed by atoms with Crippen molar-refractivity contribution in [2.45, 2.75) is 19.4 Å². The van der Waals surface area contributed by atoms with Crippen molar-refractivity contribution in [3.8, 4) is 0 Å². The van der Waals surface area contributed by atoms with E-state index in [1.165, 1.54) is 22.3 Å². The highest BCUT2D eigenvalue weighted by Crippen LogP contribution is 2.28. The minimum absolute atomic E-state index is 0.434. The van der Waals surface area contributed by atoms with E-state index in [2.05, 4.69) is 44.5 Å². The largest absolute Gasteiger partial charge is 0.379 e. The topological polar surface area (TPSA) is 24.5 Å². The van der Waals surface area contributed by atoms with Crippen molar-refractivity contribution in [3.63, 3.8) is 0 Å². The molecular formula is C13H21BrN2OS. The van der Waals surface area contributed by atoms with Crippen molar-refractivity contribution in [2.75, 3.05) is 39.4 Å². The van der Waals surface area contributed by atoms with Crippen molar-refractivity contribution in [3.05, 3.63) is 20.8 Å². The minimum atomic E-state index is 0.434. The Balaban J connectivity index is 1.61. The summed E-state index contributed by atoms with van der Waals surface area (Å²) in [5, 5.41) is 5.72. The normalized spacial score (nSPS) is 19.0. The molecule has 0 radical (unpaired) electrons. The Labute approximate surface area is 122 Å². The molecule has 1 aliphatic heterocycles. The van der Waals surface area contributed by atoms with Crippen molar-refractivity contribution >= 4 is 27.3 Å². The highest BCUT2D eigenvalue weighted by molar-refractivity contribution is 9.10. The molecule has 2 heterocycles. The number of hydrogen-bond acceptors (Lipinski definition) is 4. The number of nitrogens with one attached hydrogen (secondary N) is 1. The number of rotatable bonds is 6. The molecule has 2 rings (SSSR count). The Morgan fingerprint density at radius 2 is 2.28 bits per heavy atom. The molecule has 1 saturated heterocycles. The highest BCUT2D eigenvalue weighted by Gasteiger charge is 2.11. The van der Waals surface area contributed by atoms with Gasteiger partial charge in [-0.1, -0.05) is 0 Å². The lowest BCUT2D eigenvalue weighted by Gasteiger charge is -2.26. The predicted octanol–water partition coefficient (Wildman–Crippen LogP) is 2.88. The number of nitrogens with zero attached hydrogens (tertiary/aromatic N) is 1. The molecule has 1 atom stereocenters. The lowest BCUT2D eigenvalue weighted by molar-refractivity contribution is 0.0374. The van der Waals surface area contributed by atoms with Crippen molar-refractivity contribution in [1.82, 2.24) is 10.2 Å². The summed E-state index contributed by atoms with van der Waals surface area (Å²) in [6, 6.07) is 2.55. The number of ether oxygens (including phenoxy) is 1. The Morgan fingerprint density at radius 1 is 1.50 bits per heavy atom. The molecule has 0 amide bonds. The molecule has 3 nitrogen and oxygen atoms in total. The van der Waals surface area contributed by atoms with Gasteiger partial charge in [-0.15, -0.1) is 11.3 Å². The van der Waals surface area contributed by atoms with Crippen LogP contribution >= 0.6 is 27.3 Å². The Morgan fingerprint density at radius 3 is 2.94 bits per heavy atom. The van der Waals surface area contributed by atoms with Gasteiger partial charge >= 0.3 is 0 Å². The monoisotopic (exact) mass is 332 g/mol. The molecule has 0 saturated carbocycles. The summed E-state index contributed by atoms with van der Waals surface area (Å²) < 4.78 is 6.57. The van der Waals surface area contributed by atoms with Crippen LogP contribution in [0.4, 0.5) is 0 Å². The summed E-state index contributed by atoms with van der Waals surface area (Å²) >= 11 is 5.39. The van der Waals surface area contributed by atoms with E-state index in [9.17, 15) is 0 Å². The van der Waals surface area contributed by atoms with E-state index in [0.717, 1.165) is 32.8 Å². The average molecular weight is 333 g/mol. The van der Waals surface area contributed by atoms with Crippen LogP contribution in [-0.4, -0.2) is 44.3 Å². The predicted molar refractivity (Wildman–Crippen MR) is 80.3 cm³/mol. The van der Waals surface area contributed by atoms with Gasteiger partial charge in [0, 0.05) is 28.5 Å². The van der Waals surface area contributed by atoms with E-state index in [0.29, 0.717) is 6.04 Å². The van der Waals surface area contributed by atoms with E-state index >= 15 is 0 Å². The second kappa shape index (κ2) is 7.60. The zero-order chi connectivity index (χ0) is 12.8. The van der Waals surface area contributed by atoms with E-state index in [-0.39, 0.29) is 0 Å². The lowest BCUT2D eigenvalue weighted by Crippen LogP contribution is -2.37. The Kier molecular flexibility index (Phi) is 6.11. The zero-order valence-corrected chi connectivity index (χ0v) is 13.2. The molecule has 18 heavy (non-hydrogen) atoms. The summed E-state index contributed by atoms with van der Waals surface area (Å²) in [5.41, 5.74) is 0. The van der Waals surface area contributed by atoms with Crippen molar-refractivity contribution < 1.29 is 4.74 Å². The van der Waals surface area contributed by atoms with E-state index in [4.69, 9.17) is 4.74 Å². The molecule has 0 spiro atoms. The van der Waals surface area contributed by atoms with Crippen LogP contribution in [0.1, 0.15) is 24.3 Å². The van der Waals surface area contributed by atoms with Crippen LogP contribution in [0.3, 0.4) is 0 Å². The van der Waals surface area contributed by atoms with Crippen LogP contribution in [0, 0.1) is 0 Å². The van der Waals surface area contributed by atoms with Gasteiger partial charge < -0.3 is 10.1 Å². The van der Waals surface area contributed by atoms with Crippen LogP contribution in [-0.2, 0) is 4.74 Å². The molecule has 0 bridgehead atoms. The lowest BCUT2D eigenvalue weighted by atomic mass is 10.2. The summed E-state index contributed by atoms with van der Waals surface area (Å²) in [7, 11) is 0. The van der Waals surface area contributed by atoms with Crippen LogP contribution in [0.2, 0.25) is 0 Å². The summed E-state index contributed by atoms with van der Waals surface area (Å²) in [6.45, 7) is 8.44. The van der Waals surface area contributed by atoms with Gasteiger partial charge in [0.1, 0.15) is 0 Å². The average Bonchev–Trinajstić information content (AvgIpc) is 2.82. The van der Waals surface area contributed by atoms with Gasteiger partial charge in [0.25, 0.3) is 0 Å². The molecule has 102 valence electrons. The second-order valence-electron chi connectivity index (χ2n) is 4.62. The third-order valence-corrected chi connectivity index (χ3v) is 5.30. The minimum Gasteiger partial charge on any atom is -0.379 e. The van der Waals surface area contributed by atoms with Crippen LogP contribution in [0.25, 0.3) is 0 Å². The SMILES string of the molecule is CC(NCCCN1CCOCC1)c1sccc1Br. The fraction of sp³-hybridized carbons (Fsp3) is 0.692. The van der Waals surface area contributed by atoms with E-state index < -0.39 is 0 Å². The van der Waals surface area contributed by atoms with Crippen molar-refractivity contribution in [1.29, 1.82) is 0 Å². The molecule has 1 N–H and O–H groups in total. The molecule has 1 unspecified atom stereocenters. The third-order valence-electron chi connectivity index (χ3n) is 3.24. The quantitative estimate of drug-likeness (QED) is 0.810. The fourth-order valence-electron chi connectivity index (χ4n) is 2.15. The molecule has 1 aromatic heterocycles. The van der Waals surface area contributed by atoms with E-state index in [1.807, 2.05) is 11.3 Å². The van der Waals surface area contributed by atoms with Gasteiger partial charge in [0.05, 0.1) is 13.2 Å². The first-order valence-corrected chi connectivity index (χ1v) is 8.21. The summed E-state index contributed by atoms with van der Waals surface area (Å²) in [5.74, 6) is 0. The molecular weight excluding hydrogens is 312 g/mol. The van der Waals surface area contributed by atoms with Gasteiger partial charge in [-0.05, 0) is 53.8 Å². The first kappa shape index (κ1) is 14.5. The third kappa shape index (κ3) is 4.31. The molecule has 0 aromatic carbocycles. The number of thiophene rings is 1. The Hall–Kier alpha value is 0.0600. The van der Waals surface area contributed by atoms with Gasteiger partial charge in [-0.3, -0.25) is 4.90 Å². The summed E-state index contributed by atoms with van der Waals surface area (Å²) in [4.78, 5) is 3.87. The molecule has 1 aliphatic rings. The maximum atomic E-state index is 5.35. The standard InChI is InChI=1S/C13H21BrN2OS/c1-11(13-12(14)3-10-18-13)15-4-2-5-16-6-8-17-9-7-16/h3,10-11,15H,2,4-9H2,1H3. The molecule has 1 aromatic rings. The van der Waals surface area contributed by atoms with Gasteiger partial charge in [0.2, 0.25) is 0 Å². The van der Waals surface area contributed by atoms with Gasteiger partial charge in [0.15, 0.2) is 0 Å². The van der Waals surface area contributed by atoms with E-state index in [1.54, 1.807) is 0 Å². The van der Waals surface area contributed by atoms with Crippen LogP contribution in [0.15, 0.2) is 15.9 Å².